The Kier molecular flexibility index (Phi) is 3.59. The zero-order valence-electron chi connectivity index (χ0n) is 11.6. The lowest BCUT2D eigenvalue weighted by atomic mass is 10.1. The van der Waals surface area contributed by atoms with E-state index in [-0.39, 0.29) is 23.1 Å². The molecule has 0 fully saturated rings. The summed E-state index contributed by atoms with van der Waals surface area (Å²) in [6.45, 7) is 0. The van der Waals surface area contributed by atoms with Gasteiger partial charge in [0.25, 0.3) is 0 Å². The fourth-order valence-electron chi connectivity index (χ4n) is 2.14. The number of non-ortho nitro benzene ring substituents is 1. The van der Waals surface area contributed by atoms with Crippen LogP contribution in [-0.2, 0) is 11.2 Å². The SMILES string of the molecule is O=C(O)Cc1ccc(Nc2ccc([N+](=O)[O-])c3nonc23)cc1. The molecule has 9 nitrogen and oxygen atoms in total. The highest BCUT2D eigenvalue weighted by Crippen LogP contribution is 2.30. The predicted octanol–water partition coefficient (Wildman–Crippen LogP) is 2.50. The van der Waals surface area contributed by atoms with E-state index < -0.39 is 10.9 Å². The number of nitrogens with zero attached hydrogens (tertiary/aromatic N) is 3. The van der Waals surface area contributed by atoms with E-state index in [4.69, 9.17) is 5.11 Å². The van der Waals surface area contributed by atoms with Gasteiger partial charge in [-0.15, -0.1) is 0 Å². The third-order valence-electron chi connectivity index (χ3n) is 3.18. The van der Waals surface area contributed by atoms with Crippen LogP contribution in [0.3, 0.4) is 0 Å². The van der Waals surface area contributed by atoms with E-state index in [1.807, 2.05) is 0 Å². The van der Waals surface area contributed by atoms with Crippen LogP contribution in [0.4, 0.5) is 17.1 Å². The summed E-state index contributed by atoms with van der Waals surface area (Å²) < 4.78 is 4.59. The zero-order valence-corrected chi connectivity index (χ0v) is 11.6. The number of hydrogen-bond acceptors (Lipinski definition) is 7. The molecule has 0 aliphatic carbocycles. The Balaban J connectivity index is 1.90. The van der Waals surface area contributed by atoms with Gasteiger partial charge in [0.2, 0.25) is 5.52 Å². The number of benzene rings is 2. The fraction of sp³-hybridized carbons (Fsp3) is 0.0714. The molecule has 9 heteroatoms. The van der Waals surface area contributed by atoms with Crippen LogP contribution in [0, 0.1) is 10.1 Å². The minimum Gasteiger partial charge on any atom is -0.481 e. The fourth-order valence-corrected chi connectivity index (χ4v) is 2.14. The van der Waals surface area contributed by atoms with Crippen LogP contribution in [0.15, 0.2) is 41.0 Å². The van der Waals surface area contributed by atoms with Crippen molar-refractivity contribution in [2.24, 2.45) is 0 Å². The Morgan fingerprint density at radius 2 is 1.87 bits per heavy atom. The third-order valence-corrected chi connectivity index (χ3v) is 3.18. The predicted molar refractivity (Wildman–Crippen MR) is 79.5 cm³/mol. The Hall–Kier alpha value is -3.49. The molecule has 0 aliphatic rings. The molecule has 23 heavy (non-hydrogen) atoms. The molecule has 3 aromatic rings. The number of nitro benzene ring substituents is 1. The maximum absolute atomic E-state index is 10.9. The average molecular weight is 314 g/mol. The Bertz CT molecular complexity index is 888. The highest BCUT2D eigenvalue weighted by molar-refractivity contribution is 5.94. The van der Waals surface area contributed by atoms with Gasteiger partial charge in [0.1, 0.15) is 0 Å². The van der Waals surface area contributed by atoms with E-state index >= 15 is 0 Å². The first-order chi connectivity index (χ1) is 11.0. The van der Waals surface area contributed by atoms with Crippen molar-refractivity contribution in [3.05, 3.63) is 52.1 Å². The van der Waals surface area contributed by atoms with Crippen molar-refractivity contribution in [2.45, 2.75) is 6.42 Å². The minimum atomic E-state index is -0.906. The topological polar surface area (TPSA) is 131 Å². The second kappa shape index (κ2) is 5.72. The van der Waals surface area contributed by atoms with Crippen molar-refractivity contribution < 1.29 is 19.5 Å². The number of carboxylic acids is 1. The van der Waals surface area contributed by atoms with Crippen LogP contribution in [0.5, 0.6) is 0 Å². The van der Waals surface area contributed by atoms with Gasteiger partial charge in [0.05, 0.1) is 17.0 Å². The van der Waals surface area contributed by atoms with Gasteiger partial charge in [-0.2, -0.15) is 0 Å². The van der Waals surface area contributed by atoms with Crippen LogP contribution in [0.25, 0.3) is 11.0 Å². The maximum atomic E-state index is 10.9. The van der Waals surface area contributed by atoms with Crippen molar-refractivity contribution in [1.82, 2.24) is 10.3 Å². The first-order valence-electron chi connectivity index (χ1n) is 6.52. The molecule has 116 valence electrons. The molecule has 0 spiro atoms. The summed E-state index contributed by atoms with van der Waals surface area (Å²) in [6.07, 6.45) is -0.0603. The highest BCUT2D eigenvalue weighted by Gasteiger charge is 2.19. The lowest BCUT2D eigenvalue weighted by molar-refractivity contribution is -0.383. The number of carbonyl (C=O) groups is 1. The quantitative estimate of drug-likeness (QED) is 0.542. The Labute approximate surface area is 128 Å². The molecule has 3 rings (SSSR count). The van der Waals surface area contributed by atoms with Gasteiger partial charge in [-0.1, -0.05) is 12.1 Å². The van der Waals surface area contributed by atoms with Gasteiger partial charge < -0.3 is 10.4 Å². The normalized spacial score (nSPS) is 10.6. The van der Waals surface area contributed by atoms with Crippen molar-refractivity contribution in [1.29, 1.82) is 0 Å². The standard InChI is InChI=1S/C14H10N4O5/c19-12(20)7-8-1-3-9(4-2-8)15-10-5-6-11(18(21)22)14-13(10)16-23-17-14/h1-6,15H,7H2,(H,19,20). The van der Waals surface area contributed by atoms with Crippen LogP contribution in [0.1, 0.15) is 5.56 Å². The smallest absolute Gasteiger partial charge is 0.307 e. The molecule has 0 saturated heterocycles. The monoisotopic (exact) mass is 314 g/mol. The zero-order chi connectivity index (χ0) is 16.4. The van der Waals surface area contributed by atoms with Crippen molar-refractivity contribution >= 4 is 34.1 Å². The first-order valence-corrected chi connectivity index (χ1v) is 6.52. The Morgan fingerprint density at radius 3 is 2.52 bits per heavy atom. The van der Waals surface area contributed by atoms with Gasteiger partial charge in [-0.25, -0.2) is 4.63 Å². The van der Waals surface area contributed by atoms with E-state index in [0.717, 1.165) is 0 Å². The molecule has 1 aromatic heterocycles. The number of aromatic nitrogens is 2. The molecular formula is C14H10N4O5. The van der Waals surface area contributed by atoms with Gasteiger partial charge in [-0.05, 0) is 34.1 Å². The van der Waals surface area contributed by atoms with E-state index in [2.05, 4.69) is 20.3 Å². The molecule has 0 atom stereocenters. The summed E-state index contributed by atoms with van der Waals surface area (Å²) in [4.78, 5) is 21.0. The number of fused-ring (bicyclic) bond motifs is 1. The number of hydrogen-bond donors (Lipinski definition) is 2. The first kappa shape index (κ1) is 14.4. The maximum Gasteiger partial charge on any atom is 0.307 e. The molecule has 0 radical (unpaired) electrons. The van der Waals surface area contributed by atoms with Crippen LogP contribution < -0.4 is 5.32 Å². The lowest BCUT2D eigenvalue weighted by Crippen LogP contribution is -2.00. The summed E-state index contributed by atoms with van der Waals surface area (Å²) in [5.41, 5.74) is 1.95. The number of aliphatic carboxylic acids is 1. The van der Waals surface area contributed by atoms with E-state index in [1.54, 1.807) is 24.3 Å². The molecule has 0 unspecified atom stereocenters. The lowest BCUT2D eigenvalue weighted by Gasteiger charge is -2.07. The molecule has 0 bridgehead atoms. The second-order valence-electron chi connectivity index (χ2n) is 4.74. The van der Waals surface area contributed by atoms with E-state index in [9.17, 15) is 14.9 Å². The van der Waals surface area contributed by atoms with Crippen molar-refractivity contribution in [2.75, 3.05) is 5.32 Å². The molecule has 1 heterocycles. The molecule has 2 aromatic carbocycles. The molecule has 0 aliphatic heterocycles. The van der Waals surface area contributed by atoms with Gasteiger partial charge >= 0.3 is 11.7 Å². The minimum absolute atomic E-state index is 0.0579. The molecule has 2 N–H and O–H groups in total. The summed E-state index contributed by atoms with van der Waals surface area (Å²) >= 11 is 0. The Morgan fingerprint density at radius 1 is 1.17 bits per heavy atom. The van der Waals surface area contributed by atoms with E-state index in [0.29, 0.717) is 16.9 Å². The third kappa shape index (κ3) is 2.93. The number of carboxylic acid groups (broad SMARTS) is 1. The number of anilines is 2. The van der Waals surface area contributed by atoms with Crippen LogP contribution in [-0.4, -0.2) is 26.3 Å². The van der Waals surface area contributed by atoms with Crippen LogP contribution in [0.2, 0.25) is 0 Å². The van der Waals surface area contributed by atoms with Crippen LogP contribution >= 0.6 is 0 Å². The molecular weight excluding hydrogens is 304 g/mol. The van der Waals surface area contributed by atoms with Crippen molar-refractivity contribution in [3.8, 4) is 0 Å². The molecule has 0 saturated carbocycles. The van der Waals surface area contributed by atoms with E-state index in [1.165, 1.54) is 12.1 Å². The van der Waals surface area contributed by atoms with Crippen molar-refractivity contribution in [3.63, 3.8) is 0 Å². The summed E-state index contributed by atoms with van der Waals surface area (Å²) in [7, 11) is 0. The number of nitrogens with one attached hydrogen (secondary N) is 1. The molecule has 0 amide bonds. The second-order valence-corrected chi connectivity index (χ2v) is 4.74. The number of nitro groups is 1. The summed E-state index contributed by atoms with van der Waals surface area (Å²) in [5, 5.41) is 30.0. The summed E-state index contributed by atoms with van der Waals surface area (Å²) in [5.74, 6) is -0.906. The number of rotatable bonds is 5. The van der Waals surface area contributed by atoms with Gasteiger partial charge in [0.15, 0.2) is 5.52 Å². The largest absolute Gasteiger partial charge is 0.481 e. The highest BCUT2D eigenvalue weighted by atomic mass is 16.6. The van der Waals surface area contributed by atoms with Gasteiger partial charge in [-0.3, -0.25) is 14.9 Å². The van der Waals surface area contributed by atoms with Gasteiger partial charge in [0, 0.05) is 11.8 Å². The summed E-state index contributed by atoms with van der Waals surface area (Å²) in [6, 6.07) is 9.60. The average Bonchev–Trinajstić information content (AvgIpc) is 2.98.